The molecule has 124 valence electrons. The van der Waals surface area contributed by atoms with E-state index < -0.39 is 11.4 Å². The molecule has 3 rings (SSSR count). The average molecular weight is 338 g/mol. The van der Waals surface area contributed by atoms with Gasteiger partial charge in [0.25, 0.3) is 5.91 Å². The van der Waals surface area contributed by atoms with E-state index in [1.807, 2.05) is 0 Å². The fraction of sp³-hybridized carbons (Fsp3) is 0.529. The smallest absolute Gasteiger partial charge is 0.311 e. The van der Waals surface area contributed by atoms with E-state index in [9.17, 15) is 14.7 Å². The number of halogens is 1. The van der Waals surface area contributed by atoms with Crippen LogP contribution in [0.1, 0.15) is 48.9 Å². The molecule has 5 nitrogen and oxygen atoms in total. The summed E-state index contributed by atoms with van der Waals surface area (Å²) in [5.74, 6) is -0.682. The zero-order chi connectivity index (χ0) is 16.4. The number of nitrogens with one attached hydrogen (secondary N) is 1. The summed E-state index contributed by atoms with van der Waals surface area (Å²) in [6.07, 6.45) is 5.60. The first-order valence-electron chi connectivity index (χ1n) is 7.98. The second kappa shape index (κ2) is 6.40. The number of carbonyl (C=O) groups is 2. The molecule has 0 aliphatic heterocycles. The number of rotatable bonds is 6. The molecule has 6 heteroatoms. The van der Waals surface area contributed by atoms with Gasteiger partial charge in [0.15, 0.2) is 0 Å². The number of ether oxygens (including phenoxy) is 1. The Kier molecular flexibility index (Phi) is 4.48. The number of carboxylic acid groups (broad SMARTS) is 1. The quantitative estimate of drug-likeness (QED) is 0.835. The first kappa shape index (κ1) is 16.1. The molecular formula is C17H20ClNO4. The van der Waals surface area contributed by atoms with Crippen LogP contribution in [0.2, 0.25) is 5.02 Å². The summed E-state index contributed by atoms with van der Waals surface area (Å²) in [5, 5.41) is 12.3. The molecule has 1 aromatic rings. The van der Waals surface area contributed by atoms with Crippen molar-refractivity contribution >= 4 is 23.5 Å². The standard InChI is InChI=1S/C17H20ClNO4/c18-11-5-6-14(23-12-3-1-2-4-12)13(9-11)15(20)19-10-17(7-8-17)16(21)22/h5-6,9,12H,1-4,7-8,10H2,(H,19,20)(H,21,22). The van der Waals surface area contributed by atoms with Crippen LogP contribution in [0.5, 0.6) is 5.75 Å². The van der Waals surface area contributed by atoms with Gasteiger partial charge >= 0.3 is 5.97 Å². The SMILES string of the molecule is O=C(NCC1(C(=O)O)CC1)c1cc(Cl)ccc1OC1CCCC1. The molecule has 0 bridgehead atoms. The molecule has 0 unspecified atom stereocenters. The van der Waals surface area contributed by atoms with E-state index in [0.717, 1.165) is 25.7 Å². The number of hydrogen-bond donors (Lipinski definition) is 2. The highest BCUT2D eigenvalue weighted by atomic mass is 35.5. The molecule has 2 aliphatic carbocycles. The Bertz CT molecular complexity index is 621. The van der Waals surface area contributed by atoms with Crippen molar-refractivity contribution in [1.29, 1.82) is 0 Å². The predicted octanol–water partition coefficient (Wildman–Crippen LogP) is 3.26. The minimum atomic E-state index is -0.855. The lowest BCUT2D eigenvalue weighted by Gasteiger charge is -2.17. The van der Waals surface area contributed by atoms with Crippen molar-refractivity contribution in [1.82, 2.24) is 5.32 Å². The largest absolute Gasteiger partial charge is 0.490 e. The molecule has 0 aromatic heterocycles. The van der Waals surface area contributed by atoms with Crippen molar-refractivity contribution in [3.63, 3.8) is 0 Å². The lowest BCUT2D eigenvalue weighted by molar-refractivity contribution is -0.143. The van der Waals surface area contributed by atoms with E-state index in [0.29, 0.717) is 29.2 Å². The van der Waals surface area contributed by atoms with Crippen LogP contribution in [-0.4, -0.2) is 29.6 Å². The van der Waals surface area contributed by atoms with Crippen molar-refractivity contribution in [2.75, 3.05) is 6.54 Å². The van der Waals surface area contributed by atoms with Gasteiger partial charge in [-0.2, -0.15) is 0 Å². The van der Waals surface area contributed by atoms with Gasteiger partial charge in [-0.15, -0.1) is 0 Å². The molecule has 1 amide bonds. The summed E-state index contributed by atoms with van der Waals surface area (Å²) >= 11 is 6.00. The molecule has 1 aromatic carbocycles. The highest BCUT2D eigenvalue weighted by Gasteiger charge is 2.50. The van der Waals surface area contributed by atoms with E-state index in [1.165, 1.54) is 0 Å². The summed E-state index contributed by atoms with van der Waals surface area (Å²) in [4.78, 5) is 23.6. The van der Waals surface area contributed by atoms with Crippen LogP contribution in [0.3, 0.4) is 0 Å². The first-order chi connectivity index (χ1) is 11.0. The molecular weight excluding hydrogens is 318 g/mol. The molecule has 2 saturated carbocycles. The fourth-order valence-electron chi connectivity index (χ4n) is 2.93. The summed E-state index contributed by atoms with van der Waals surface area (Å²) in [7, 11) is 0. The molecule has 2 fully saturated rings. The van der Waals surface area contributed by atoms with Gasteiger partial charge in [0.05, 0.1) is 17.1 Å². The summed E-state index contributed by atoms with van der Waals surface area (Å²) in [6.45, 7) is 0.135. The molecule has 0 saturated heterocycles. The highest BCUT2D eigenvalue weighted by molar-refractivity contribution is 6.31. The van der Waals surface area contributed by atoms with Crippen LogP contribution in [0.25, 0.3) is 0 Å². The van der Waals surface area contributed by atoms with Gasteiger partial charge in [0, 0.05) is 11.6 Å². The first-order valence-corrected chi connectivity index (χ1v) is 8.36. The van der Waals surface area contributed by atoms with Gasteiger partial charge < -0.3 is 15.2 Å². The number of carboxylic acids is 1. The Morgan fingerprint density at radius 1 is 1.30 bits per heavy atom. The molecule has 0 atom stereocenters. The van der Waals surface area contributed by atoms with E-state index in [-0.39, 0.29) is 18.6 Å². The predicted molar refractivity (Wildman–Crippen MR) is 86.0 cm³/mol. The summed E-state index contributed by atoms with van der Waals surface area (Å²) < 4.78 is 5.94. The number of carbonyl (C=O) groups excluding carboxylic acids is 1. The Morgan fingerprint density at radius 3 is 2.61 bits per heavy atom. The Balaban J connectivity index is 1.70. The van der Waals surface area contributed by atoms with Gasteiger partial charge in [-0.25, -0.2) is 0 Å². The van der Waals surface area contributed by atoms with Crippen LogP contribution in [-0.2, 0) is 4.79 Å². The third-order valence-corrected chi connectivity index (χ3v) is 4.91. The molecule has 23 heavy (non-hydrogen) atoms. The second-order valence-electron chi connectivity index (χ2n) is 6.43. The average Bonchev–Trinajstić information content (AvgIpc) is 3.16. The Labute approximate surface area is 140 Å². The number of hydrogen-bond acceptors (Lipinski definition) is 3. The van der Waals surface area contributed by atoms with Crippen LogP contribution >= 0.6 is 11.6 Å². The third kappa shape index (κ3) is 3.61. The summed E-state index contributed by atoms with van der Waals surface area (Å²) in [5.41, 5.74) is -0.425. The van der Waals surface area contributed by atoms with Gasteiger partial charge in [0.1, 0.15) is 5.75 Å². The highest BCUT2D eigenvalue weighted by Crippen LogP contribution is 2.45. The Hall–Kier alpha value is -1.75. The molecule has 2 aliphatic rings. The maximum absolute atomic E-state index is 12.4. The number of aliphatic carboxylic acids is 1. The molecule has 2 N–H and O–H groups in total. The molecule has 0 heterocycles. The normalized spacial score (nSPS) is 19.3. The van der Waals surface area contributed by atoms with Crippen molar-refractivity contribution in [2.24, 2.45) is 5.41 Å². The van der Waals surface area contributed by atoms with E-state index in [1.54, 1.807) is 18.2 Å². The maximum Gasteiger partial charge on any atom is 0.311 e. The van der Waals surface area contributed by atoms with E-state index in [4.69, 9.17) is 16.3 Å². The number of amides is 1. The number of benzene rings is 1. The zero-order valence-electron chi connectivity index (χ0n) is 12.8. The van der Waals surface area contributed by atoms with Crippen molar-refractivity contribution < 1.29 is 19.4 Å². The van der Waals surface area contributed by atoms with Gasteiger partial charge in [-0.3, -0.25) is 9.59 Å². The van der Waals surface area contributed by atoms with E-state index in [2.05, 4.69) is 5.32 Å². The van der Waals surface area contributed by atoms with Gasteiger partial charge in [0.2, 0.25) is 0 Å². The third-order valence-electron chi connectivity index (χ3n) is 4.68. The van der Waals surface area contributed by atoms with Gasteiger partial charge in [-0.1, -0.05) is 11.6 Å². The fourth-order valence-corrected chi connectivity index (χ4v) is 3.10. The van der Waals surface area contributed by atoms with Crippen molar-refractivity contribution in [3.05, 3.63) is 28.8 Å². The van der Waals surface area contributed by atoms with Crippen molar-refractivity contribution in [3.8, 4) is 5.75 Å². The lowest BCUT2D eigenvalue weighted by atomic mass is 10.1. The van der Waals surface area contributed by atoms with Gasteiger partial charge in [-0.05, 0) is 56.7 Å². The zero-order valence-corrected chi connectivity index (χ0v) is 13.6. The maximum atomic E-state index is 12.4. The minimum absolute atomic E-state index is 0.135. The van der Waals surface area contributed by atoms with Crippen LogP contribution in [0.4, 0.5) is 0 Å². The molecule has 0 spiro atoms. The minimum Gasteiger partial charge on any atom is -0.490 e. The Morgan fingerprint density at radius 2 is 2.00 bits per heavy atom. The van der Waals surface area contributed by atoms with Crippen LogP contribution in [0.15, 0.2) is 18.2 Å². The van der Waals surface area contributed by atoms with Crippen LogP contribution in [0, 0.1) is 5.41 Å². The van der Waals surface area contributed by atoms with Crippen LogP contribution < -0.4 is 10.1 Å². The monoisotopic (exact) mass is 337 g/mol. The van der Waals surface area contributed by atoms with E-state index >= 15 is 0 Å². The second-order valence-corrected chi connectivity index (χ2v) is 6.87. The lowest BCUT2D eigenvalue weighted by Crippen LogP contribution is -2.34. The molecule has 0 radical (unpaired) electrons. The van der Waals surface area contributed by atoms with Crippen molar-refractivity contribution in [2.45, 2.75) is 44.6 Å². The summed E-state index contributed by atoms with van der Waals surface area (Å²) in [6, 6.07) is 4.98. The topological polar surface area (TPSA) is 75.6 Å².